The molecule has 2 aromatic rings. The number of hydrogen-bond donors (Lipinski definition) is 2. The van der Waals surface area contributed by atoms with Gasteiger partial charge in [-0.05, 0) is 39.3 Å². The molecule has 0 spiro atoms. The van der Waals surface area contributed by atoms with Crippen LogP contribution in [-0.4, -0.2) is 32.7 Å². The summed E-state index contributed by atoms with van der Waals surface area (Å²) in [7, 11) is 0. The molecule has 1 unspecified atom stereocenters. The van der Waals surface area contributed by atoms with Gasteiger partial charge in [0.1, 0.15) is 6.04 Å². The topological polar surface area (TPSA) is 79.3 Å². The molecular formula is C18H23N5O2. The molecule has 3 amide bonds. The lowest BCUT2D eigenvalue weighted by molar-refractivity contribution is -0.119. The van der Waals surface area contributed by atoms with Crippen molar-refractivity contribution in [3.8, 4) is 0 Å². The van der Waals surface area contributed by atoms with Crippen molar-refractivity contribution in [3.05, 3.63) is 41.2 Å². The minimum absolute atomic E-state index is 0.196. The number of para-hydroxylation sites is 1. The van der Waals surface area contributed by atoms with Crippen LogP contribution in [0.2, 0.25) is 0 Å². The number of nitrogens with one attached hydrogen (secondary N) is 2. The molecule has 1 aromatic carbocycles. The number of fused-ring (bicyclic) bond motifs is 1. The van der Waals surface area contributed by atoms with Crippen molar-refractivity contribution in [1.29, 1.82) is 0 Å². The minimum Gasteiger partial charge on any atom is -0.324 e. The molecule has 2 heterocycles. The molecule has 1 aliphatic heterocycles. The molecule has 0 radical (unpaired) electrons. The Balaban J connectivity index is 1.88. The van der Waals surface area contributed by atoms with Crippen LogP contribution in [-0.2, 0) is 17.9 Å². The second-order valence-corrected chi connectivity index (χ2v) is 6.24. The fourth-order valence-corrected chi connectivity index (χ4v) is 3.09. The van der Waals surface area contributed by atoms with Crippen LogP contribution in [0.25, 0.3) is 0 Å². The van der Waals surface area contributed by atoms with Gasteiger partial charge in [0.25, 0.3) is 0 Å². The molecule has 0 saturated heterocycles. The Hall–Kier alpha value is -2.83. The number of hydrogen-bond acceptors (Lipinski definition) is 3. The Morgan fingerprint density at radius 2 is 2.08 bits per heavy atom. The second-order valence-electron chi connectivity index (χ2n) is 6.24. The molecule has 7 heteroatoms. The molecule has 0 fully saturated rings. The molecule has 1 aliphatic rings. The lowest BCUT2D eigenvalue weighted by atomic mass is 10.1. The molecule has 1 atom stereocenters. The molecule has 2 N–H and O–H groups in total. The van der Waals surface area contributed by atoms with Crippen LogP contribution >= 0.6 is 0 Å². The molecule has 1 aromatic heterocycles. The summed E-state index contributed by atoms with van der Waals surface area (Å²) < 4.78 is 1.85. The molecule has 7 nitrogen and oxygen atoms in total. The fourth-order valence-electron chi connectivity index (χ4n) is 3.09. The Labute approximate surface area is 147 Å². The van der Waals surface area contributed by atoms with Crippen LogP contribution in [0, 0.1) is 13.8 Å². The monoisotopic (exact) mass is 341 g/mol. The lowest BCUT2D eigenvalue weighted by Crippen LogP contribution is -2.45. The highest BCUT2D eigenvalue weighted by Crippen LogP contribution is 2.25. The van der Waals surface area contributed by atoms with Crippen molar-refractivity contribution in [2.75, 3.05) is 10.6 Å². The lowest BCUT2D eigenvalue weighted by Gasteiger charge is -2.26. The summed E-state index contributed by atoms with van der Waals surface area (Å²) in [5.74, 6) is -0.196. The average molecular weight is 341 g/mol. The standard InChI is InChI=1S/C18H23N5O2/c1-5-23-12(3)16(11(2)21-23)20-18(25)22-10-14-8-6-7-9-15(14)19-17(24)13(22)4/h6-9,13H,5,10H2,1-4H3,(H,19,24)(H,20,25). The van der Waals surface area contributed by atoms with Crippen LogP contribution in [0.4, 0.5) is 16.2 Å². The molecule has 3 rings (SSSR count). The van der Waals surface area contributed by atoms with Crippen LogP contribution < -0.4 is 10.6 Å². The number of anilines is 2. The van der Waals surface area contributed by atoms with Crippen molar-refractivity contribution in [2.45, 2.75) is 46.8 Å². The van der Waals surface area contributed by atoms with Crippen molar-refractivity contribution in [1.82, 2.24) is 14.7 Å². The van der Waals surface area contributed by atoms with E-state index in [-0.39, 0.29) is 11.9 Å². The summed E-state index contributed by atoms with van der Waals surface area (Å²) in [6, 6.07) is 6.65. The Morgan fingerprint density at radius 1 is 1.36 bits per heavy atom. The van der Waals surface area contributed by atoms with Gasteiger partial charge in [-0.25, -0.2) is 4.79 Å². The zero-order chi connectivity index (χ0) is 18.1. The summed E-state index contributed by atoms with van der Waals surface area (Å²) in [6.45, 7) is 8.62. The average Bonchev–Trinajstić information content (AvgIpc) is 2.79. The third-order valence-corrected chi connectivity index (χ3v) is 4.64. The zero-order valence-corrected chi connectivity index (χ0v) is 15.0. The Bertz CT molecular complexity index is 827. The summed E-state index contributed by atoms with van der Waals surface area (Å²) in [6.07, 6.45) is 0. The van der Waals surface area contributed by atoms with Crippen LogP contribution in [0.15, 0.2) is 24.3 Å². The first-order valence-corrected chi connectivity index (χ1v) is 8.42. The number of carbonyl (C=O) groups is 2. The number of carbonyl (C=O) groups excluding carboxylic acids is 2. The number of amides is 3. The van der Waals surface area contributed by atoms with E-state index in [0.29, 0.717) is 12.2 Å². The maximum absolute atomic E-state index is 12.9. The smallest absolute Gasteiger partial charge is 0.322 e. The highest BCUT2D eigenvalue weighted by atomic mass is 16.2. The molecule has 0 bridgehead atoms. The third kappa shape index (κ3) is 3.09. The number of aryl methyl sites for hydroxylation is 2. The van der Waals surface area contributed by atoms with Gasteiger partial charge in [-0.2, -0.15) is 5.10 Å². The summed E-state index contributed by atoms with van der Waals surface area (Å²) in [5, 5.41) is 10.2. The van der Waals surface area contributed by atoms with Crippen LogP contribution in [0.1, 0.15) is 30.8 Å². The van der Waals surface area contributed by atoms with Crippen molar-refractivity contribution in [2.24, 2.45) is 0 Å². The van der Waals surface area contributed by atoms with Gasteiger partial charge in [-0.15, -0.1) is 0 Å². The first kappa shape index (κ1) is 17.0. The Kier molecular flexibility index (Phi) is 4.48. The van der Waals surface area contributed by atoms with E-state index >= 15 is 0 Å². The van der Waals surface area contributed by atoms with E-state index in [1.54, 1.807) is 11.8 Å². The van der Waals surface area contributed by atoms with E-state index in [2.05, 4.69) is 15.7 Å². The first-order chi connectivity index (χ1) is 11.9. The number of urea groups is 1. The molecular weight excluding hydrogens is 318 g/mol. The van der Waals surface area contributed by atoms with Gasteiger partial charge in [0.15, 0.2) is 0 Å². The molecule has 0 aliphatic carbocycles. The van der Waals surface area contributed by atoms with E-state index in [4.69, 9.17) is 0 Å². The van der Waals surface area contributed by atoms with E-state index in [1.807, 2.05) is 49.7 Å². The molecule has 0 saturated carbocycles. The first-order valence-electron chi connectivity index (χ1n) is 8.42. The zero-order valence-electron chi connectivity index (χ0n) is 15.0. The SMILES string of the molecule is CCn1nc(C)c(NC(=O)N2Cc3ccccc3NC(=O)C2C)c1C. The van der Waals surface area contributed by atoms with E-state index in [1.165, 1.54) is 0 Å². The molecule has 132 valence electrons. The highest BCUT2D eigenvalue weighted by Gasteiger charge is 2.31. The van der Waals surface area contributed by atoms with Crippen molar-refractivity contribution >= 4 is 23.3 Å². The predicted molar refractivity (Wildman–Crippen MR) is 96.5 cm³/mol. The summed E-state index contributed by atoms with van der Waals surface area (Å²) >= 11 is 0. The summed E-state index contributed by atoms with van der Waals surface area (Å²) in [4.78, 5) is 26.8. The van der Waals surface area contributed by atoms with Crippen LogP contribution in [0.5, 0.6) is 0 Å². The quantitative estimate of drug-likeness (QED) is 0.881. The van der Waals surface area contributed by atoms with Gasteiger partial charge >= 0.3 is 6.03 Å². The van der Waals surface area contributed by atoms with E-state index in [9.17, 15) is 9.59 Å². The molecule has 25 heavy (non-hydrogen) atoms. The van der Waals surface area contributed by atoms with Gasteiger partial charge in [0, 0.05) is 12.2 Å². The largest absolute Gasteiger partial charge is 0.324 e. The number of rotatable bonds is 2. The van der Waals surface area contributed by atoms with E-state index < -0.39 is 6.04 Å². The normalized spacial score (nSPS) is 16.9. The number of nitrogens with zero attached hydrogens (tertiary/aromatic N) is 3. The second kappa shape index (κ2) is 6.58. The van der Waals surface area contributed by atoms with E-state index in [0.717, 1.165) is 29.2 Å². The maximum Gasteiger partial charge on any atom is 0.322 e. The van der Waals surface area contributed by atoms with Crippen molar-refractivity contribution in [3.63, 3.8) is 0 Å². The number of benzene rings is 1. The van der Waals surface area contributed by atoms with Gasteiger partial charge in [-0.3, -0.25) is 9.48 Å². The minimum atomic E-state index is -0.575. The summed E-state index contributed by atoms with van der Waals surface area (Å²) in [5.41, 5.74) is 4.03. The fraction of sp³-hybridized carbons (Fsp3) is 0.389. The maximum atomic E-state index is 12.9. The van der Waals surface area contributed by atoms with Gasteiger partial charge in [0.05, 0.1) is 23.6 Å². The van der Waals surface area contributed by atoms with Gasteiger partial charge in [0.2, 0.25) is 5.91 Å². The highest BCUT2D eigenvalue weighted by molar-refractivity contribution is 6.00. The van der Waals surface area contributed by atoms with Gasteiger partial charge in [-0.1, -0.05) is 18.2 Å². The van der Waals surface area contributed by atoms with Crippen molar-refractivity contribution < 1.29 is 9.59 Å². The number of aromatic nitrogens is 2. The van der Waals surface area contributed by atoms with Crippen LogP contribution in [0.3, 0.4) is 0 Å². The third-order valence-electron chi connectivity index (χ3n) is 4.64. The van der Waals surface area contributed by atoms with Gasteiger partial charge < -0.3 is 15.5 Å². The Morgan fingerprint density at radius 3 is 2.76 bits per heavy atom. The predicted octanol–water partition coefficient (Wildman–Crippen LogP) is 2.89.